The van der Waals surface area contributed by atoms with E-state index < -0.39 is 0 Å². The Labute approximate surface area is 116 Å². The lowest BCUT2D eigenvalue weighted by Crippen LogP contribution is -2.05. The number of benzene rings is 1. The first-order chi connectivity index (χ1) is 9.79. The first-order valence-corrected chi connectivity index (χ1v) is 6.99. The number of rotatable bonds is 4. The van der Waals surface area contributed by atoms with Crippen molar-refractivity contribution in [3.63, 3.8) is 0 Å². The van der Waals surface area contributed by atoms with Gasteiger partial charge in [-0.25, -0.2) is 4.98 Å². The lowest BCUT2D eigenvalue weighted by molar-refractivity contribution is 0.533. The molecule has 0 saturated heterocycles. The largest absolute Gasteiger partial charge is 0.472 e. The van der Waals surface area contributed by atoms with Crippen LogP contribution in [0.4, 0.5) is 5.69 Å². The number of hydrogen-bond donors (Lipinski definition) is 1. The summed E-state index contributed by atoms with van der Waals surface area (Å²) in [4.78, 5) is 4.58. The van der Waals surface area contributed by atoms with E-state index in [9.17, 15) is 0 Å². The molecule has 1 aliphatic rings. The second-order valence-corrected chi connectivity index (χ2v) is 5.43. The second-order valence-electron chi connectivity index (χ2n) is 5.43. The Balaban J connectivity index is 1.60. The average molecular weight is 268 g/mol. The molecule has 1 unspecified atom stereocenters. The molecule has 3 aromatic rings. The fraction of sp³-hybridized carbons (Fsp3) is 0.312. The summed E-state index contributed by atoms with van der Waals surface area (Å²) in [6, 6.07) is 8.22. The molecular weight excluding hydrogens is 252 g/mol. The smallest absolute Gasteiger partial charge is 0.198 e. The maximum atomic E-state index is 5.77. The molecule has 1 atom stereocenters. The third-order valence-corrected chi connectivity index (χ3v) is 3.76. The number of oxazole rings is 1. The van der Waals surface area contributed by atoms with Crippen LogP contribution in [-0.2, 0) is 0 Å². The van der Waals surface area contributed by atoms with Gasteiger partial charge in [0.25, 0.3) is 0 Å². The SMILES string of the molecule is CC(Nc1ccc2oc(C3CC3)nc2c1)c1ccoc1. The first-order valence-electron chi connectivity index (χ1n) is 6.99. The maximum absolute atomic E-state index is 5.77. The third kappa shape index (κ3) is 2.07. The number of nitrogens with zero attached hydrogens (tertiary/aromatic N) is 1. The topological polar surface area (TPSA) is 51.2 Å². The van der Waals surface area contributed by atoms with Gasteiger partial charge in [0.2, 0.25) is 0 Å². The van der Waals surface area contributed by atoms with Crippen molar-refractivity contribution in [1.29, 1.82) is 0 Å². The fourth-order valence-corrected chi connectivity index (χ4v) is 2.39. The highest BCUT2D eigenvalue weighted by atomic mass is 16.3. The molecule has 1 aromatic carbocycles. The predicted molar refractivity (Wildman–Crippen MR) is 76.7 cm³/mol. The molecule has 0 spiro atoms. The van der Waals surface area contributed by atoms with Crippen molar-refractivity contribution >= 4 is 16.8 Å². The lowest BCUT2D eigenvalue weighted by Gasteiger charge is -2.13. The van der Waals surface area contributed by atoms with Gasteiger partial charge in [-0.2, -0.15) is 0 Å². The van der Waals surface area contributed by atoms with Gasteiger partial charge in [0, 0.05) is 17.2 Å². The maximum Gasteiger partial charge on any atom is 0.198 e. The van der Waals surface area contributed by atoms with Crippen LogP contribution < -0.4 is 5.32 Å². The Bertz CT molecular complexity index is 726. The van der Waals surface area contributed by atoms with Crippen LogP contribution >= 0.6 is 0 Å². The van der Waals surface area contributed by atoms with Crippen molar-refractivity contribution in [2.75, 3.05) is 5.32 Å². The summed E-state index contributed by atoms with van der Waals surface area (Å²) in [5.74, 6) is 1.43. The molecule has 1 saturated carbocycles. The van der Waals surface area contributed by atoms with Gasteiger partial charge in [0.15, 0.2) is 11.5 Å². The van der Waals surface area contributed by atoms with Crippen LogP contribution in [0, 0.1) is 0 Å². The zero-order chi connectivity index (χ0) is 13.5. The van der Waals surface area contributed by atoms with Crippen molar-refractivity contribution in [3.8, 4) is 0 Å². The van der Waals surface area contributed by atoms with E-state index in [-0.39, 0.29) is 6.04 Å². The quantitative estimate of drug-likeness (QED) is 0.758. The van der Waals surface area contributed by atoms with Crippen LogP contribution in [0.3, 0.4) is 0 Å². The Hall–Kier alpha value is -2.23. The highest BCUT2D eigenvalue weighted by Gasteiger charge is 2.28. The molecule has 20 heavy (non-hydrogen) atoms. The van der Waals surface area contributed by atoms with E-state index in [1.54, 1.807) is 12.5 Å². The minimum Gasteiger partial charge on any atom is -0.472 e. The van der Waals surface area contributed by atoms with Gasteiger partial charge < -0.3 is 14.2 Å². The Morgan fingerprint density at radius 2 is 2.20 bits per heavy atom. The van der Waals surface area contributed by atoms with Crippen molar-refractivity contribution in [2.24, 2.45) is 0 Å². The Morgan fingerprint density at radius 3 is 2.95 bits per heavy atom. The number of furan rings is 1. The van der Waals surface area contributed by atoms with Crippen molar-refractivity contribution < 1.29 is 8.83 Å². The monoisotopic (exact) mass is 268 g/mol. The second kappa shape index (κ2) is 4.40. The predicted octanol–water partition coefficient (Wildman–Crippen LogP) is 4.47. The van der Waals surface area contributed by atoms with Gasteiger partial charge in [-0.15, -0.1) is 0 Å². The van der Waals surface area contributed by atoms with E-state index >= 15 is 0 Å². The van der Waals surface area contributed by atoms with Gasteiger partial charge in [-0.3, -0.25) is 0 Å². The molecule has 1 aliphatic carbocycles. The highest BCUT2D eigenvalue weighted by Crippen LogP contribution is 2.40. The van der Waals surface area contributed by atoms with Crippen LogP contribution in [0.25, 0.3) is 11.1 Å². The number of aromatic nitrogens is 1. The summed E-state index contributed by atoms with van der Waals surface area (Å²) < 4.78 is 10.9. The number of nitrogens with one attached hydrogen (secondary N) is 1. The average Bonchev–Trinajstić information content (AvgIpc) is 3.00. The molecule has 0 aliphatic heterocycles. The number of anilines is 1. The molecule has 4 heteroatoms. The van der Waals surface area contributed by atoms with Gasteiger partial charge in [-0.05, 0) is 44.0 Å². The molecule has 0 radical (unpaired) electrons. The summed E-state index contributed by atoms with van der Waals surface area (Å²) in [7, 11) is 0. The van der Waals surface area contributed by atoms with E-state index in [1.807, 2.05) is 24.3 Å². The molecule has 2 aromatic heterocycles. The third-order valence-electron chi connectivity index (χ3n) is 3.76. The fourth-order valence-electron chi connectivity index (χ4n) is 2.39. The zero-order valence-corrected chi connectivity index (χ0v) is 11.3. The van der Waals surface area contributed by atoms with Crippen LogP contribution in [0.5, 0.6) is 0 Å². The normalized spacial score (nSPS) is 16.4. The summed E-state index contributed by atoms with van der Waals surface area (Å²) in [6.07, 6.45) is 5.86. The summed E-state index contributed by atoms with van der Waals surface area (Å²) >= 11 is 0. The molecule has 0 amide bonds. The minimum absolute atomic E-state index is 0.195. The highest BCUT2D eigenvalue weighted by molar-refractivity contribution is 5.77. The molecule has 102 valence electrons. The molecule has 0 bridgehead atoms. The summed E-state index contributed by atoms with van der Waals surface area (Å²) in [5.41, 5.74) is 3.97. The van der Waals surface area contributed by atoms with Gasteiger partial charge in [0.1, 0.15) is 5.52 Å². The number of fused-ring (bicyclic) bond motifs is 1. The van der Waals surface area contributed by atoms with Crippen LogP contribution in [0.1, 0.15) is 43.2 Å². The lowest BCUT2D eigenvalue weighted by atomic mass is 10.1. The van der Waals surface area contributed by atoms with Crippen molar-refractivity contribution in [3.05, 3.63) is 48.2 Å². The molecule has 2 heterocycles. The molecular formula is C16H16N2O2. The molecule has 4 rings (SSSR count). The Morgan fingerprint density at radius 1 is 1.30 bits per heavy atom. The van der Waals surface area contributed by atoms with Crippen molar-refractivity contribution in [1.82, 2.24) is 4.98 Å². The molecule has 4 nitrogen and oxygen atoms in total. The summed E-state index contributed by atoms with van der Waals surface area (Å²) in [5, 5.41) is 3.45. The molecule has 1 N–H and O–H groups in total. The minimum atomic E-state index is 0.195. The van der Waals surface area contributed by atoms with E-state index in [2.05, 4.69) is 17.2 Å². The van der Waals surface area contributed by atoms with E-state index in [0.717, 1.165) is 28.2 Å². The molecule has 1 fully saturated rings. The van der Waals surface area contributed by atoms with E-state index in [1.165, 1.54) is 12.8 Å². The van der Waals surface area contributed by atoms with E-state index in [0.29, 0.717) is 5.92 Å². The van der Waals surface area contributed by atoms with Gasteiger partial charge >= 0.3 is 0 Å². The first kappa shape index (κ1) is 11.6. The van der Waals surface area contributed by atoms with Crippen LogP contribution in [0.15, 0.2) is 45.6 Å². The standard InChI is InChI=1S/C16H16N2O2/c1-10(12-6-7-19-9-12)17-13-4-5-15-14(8-13)18-16(20-15)11-2-3-11/h4-11,17H,2-3H2,1H3. The number of hydrogen-bond acceptors (Lipinski definition) is 4. The van der Waals surface area contributed by atoms with Gasteiger partial charge in [-0.1, -0.05) is 0 Å². The van der Waals surface area contributed by atoms with Crippen molar-refractivity contribution in [2.45, 2.75) is 31.7 Å². The Kier molecular flexibility index (Phi) is 2.55. The van der Waals surface area contributed by atoms with Crippen LogP contribution in [-0.4, -0.2) is 4.98 Å². The van der Waals surface area contributed by atoms with E-state index in [4.69, 9.17) is 8.83 Å². The van der Waals surface area contributed by atoms with Crippen LogP contribution in [0.2, 0.25) is 0 Å². The summed E-state index contributed by atoms with van der Waals surface area (Å²) in [6.45, 7) is 2.10. The zero-order valence-electron chi connectivity index (χ0n) is 11.3. The van der Waals surface area contributed by atoms with Gasteiger partial charge in [0.05, 0.1) is 18.6 Å².